The van der Waals surface area contributed by atoms with E-state index in [0.717, 1.165) is 11.4 Å². The summed E-state index contributed by atoms with van der Waals surface area (Å²) in [7, 11) is 0. The highest BCUT2D eigenvalue weighted by Crippen LogP contribution is 2.28. The summed E-state index contributed by atoms with van der Waals surface area (Å²) < 4.78 is 0. The molecule has 0 bridgehead atoms. The minimum absolute atomic E-state index is 0.190. The summed E-state index contributed by atoms with van der Waals surface area (Å²) in [6.07, 6.45) is 7.68. The summed E-state index contributed by atoms with van der Waals surface area (Å²) >= 11 is 6.02. The lowest BCUT2D eigenvalue weighted by Crippen LogP contribution is -2.42. The predicted octanol–water partition coefficient (Wildman–Crippen LogP) is 4.38. The van der Waals surface area contributed by atoms with Crippen LogP contribution < -0.4 is 5.73 Å². The summed E-state index contributed by atoms with van der Waals surface area (Å²) in [6.45, 7) is 4.51. The van der Waals surface area contributed by atoms with Crippen molar-refractivity contribution in [2.75, 3.05) is 13.1 Å². The number of halogens is 1. The van der Waals surface area contributed by atoms with Gasteiger partial charge in [-0.15, -0.1) is 0 Å². The van der Waals surface area contributed by atoms with Crippen LogP contribution in [0.3, 0.4) is 0 Å². The Morgan fingerprint density at radius 3 is 2.15 bits per heavy atom. The minimum Gasteiger partial charge on any atom is -0.326 e. The van der Waals surface area contributed by atoms with E-state index < -0.39 is 0 Å². The lowest BCUT2D eigenvalue weighted by atomic mass is 9.94. The lowest BCUT2D eigenvalue weighted by Gasteiger charge is -2.36. The van der Waals surface area contributed by atoms with Gasteiger partial charge >= 0.3 is 0 Å². The Balaban J connectivity index is 2.19. The smallest absolute Gasteiger partial charge is 0.0499 e. The monoisotopic (exact) mass is 294 g/mol. The van der Waals surface area contributed by atoms with Crippen molar-refractivity contribution in [3.63, 3.8) is 0 Å². The van der Waals surface area contributed by atoms with Gasteiger partial charge in [0.15, 0.2) is 0 Å². The second-order valence-electron chi connectivity index (χ2n) is 5.87. The Kier molecular flexibility index (Phi) is 6.34. The topological polar surface area (TPSA) is 29.3 Å². The van der Waals surface area contributed by atoms with Crippen molar-refractivity contribution >= 4 is 11.6 Å². The summed E-state index contributed by atoms with van der Waals surface area (Å²) in [5.74, 6) is 0. The molecule has 2 rings (SSSR count). The zero-order chi connectivity index (χ0) is 14.4. The Morgan fingerprint density at radius 2 is 1.60 bits per heavy atom. The van der Waals surface area contributed by atoms with Crippen molar-refractivity contribution in [2.24, 2.45) is 5.73 Å². The standard InChI is InChI=1S/C17H27ClN2/c1-2-16(19)17(14-8-10-15(18)11-9-14)20-12-6-4-3-5-7-13-20/h8-11,16-17H,2-7,12-13,19H2,1H3. The Labute approximate surface area is 128 Å². The van der Waals surface area contributed by atoms with Crippen molar-refractivity contribution in [3.8, 4) is 0 Å². The number of likely N-dealkylation sites (tertiary alicyclic amines) is 1. The van der Waals surface area contributed by atoms with Gasteiger partial charge in [0.25, 0.3) is 0 Å². The molecule has 1 fully saturated rings. The number of rotatable bonds is 4. The molecular weight excluding hydrogens is 268 g/mol. The van der Waals surface area contributed by atoms with Gasteiger partial charge in [-0.05, 0) is 50.0 Å². The van der Waals surface area contributed by atoms with Crippen LogP contribution in [-0.4, -0.2) is 24.0 Å². The van der Waals surface area contributed by atoms with Crippen molar-refractivity contribution in [2.45, 2.75) is 57.5 Å². The van der Waals surface area contributed by atoms with Gasteiger partial charge < -0.3 is 5.73 Å². The third-order valence-electron chi connectivity index (χ3n) is 4.37. The van der Waals surface area contributed by atoms with Crippen molar-refractivity contribution < 1.29 is 0 Å². The molecular formula is C17H27ClN2. The molecule has 0 radical (unpaired) electrons. The van der Waals surface area contributed by atoms with Gasteiger partial charge in [0.05, 0.1) is 0 Å². The molecule has 1 aromatic carbocycles. The average molecular weight is 295 g/mol. The molecule has 0 spiro atoms. The highest BCUT2D eigenvalue weighted by molar-refractivity contribution is 6.30. The lowest BCUT2D eigenvalue weighted by molar-refractivity contribution is 0.155. The first kappa shape index (κ1) is 15.8. The van der Waals surface area contributed by atoms with E-state index in [0.29, 0.717) is 6.04 Å². The second kappa shape index (κ2) is 8.02. The molecule has 0 amide bonds. The number of nitrogens with two attached hydrogens (primary N) is 1. The fourth-order valence-corrected chi connectivity index (χ4v) is 3.29. The fraction of sp³-hybridized carbons (Fsp3) is 0.647. The maximum absolute atomic E-state index is 6.43. The van der Waals surface area contributed by atoms with Crippen LogP contribution in [0.15, 0.2) is 24.3 Å². The van der Waals surface area contributed by atoms with Gasteiger partial charge in [0, 0.05) is 17.1 Å². The minimum atomic E-state index is 0.190. The normalized spacial score (nSPS) is 20.9. The van der Waals surface area contributed by atoms with Gasteiger partial charge in [0.2, 0.25) is 0 Å². The zero-order valence-corrected chi connectivity index (χ0v) is 13.3. The molecule has 112 valence electrons. The van der Waals surface area contributed by atoms with Gasteiger partial charge in [-0.3, -0.25) is 4.90 Å². The molecule has 1 aromatic rings. The van der Waals surface area contributed by atoms with E-state index in [1.807, 2.05) is 12.1 Å². The number of hydrogen-bond acceptors (Lipinski definition) is 2. The molecule has 2 unspecified atom stereocenters. The van der Waals surface area contributed by atoms with Crippen LogP contribution >= 0.6 is 11.6 Å². The summed E-state index contributed by atoms with van der Waals surface area (Å²) in [4.78, 5) is 2.59. The number of nitrogens with zero attached hydrogens (tertiary/aromatic N) is 1. The van der Waals surface area contributed by atoms with E-state index in [1.165, 1.54) is 50.8 Å². The molecule has 1 aliphatic heterocycles. The average Bonchev–Trinajstić information content (AvgIpc) is 2.42. The molecule has 2 nitrogen and oxygen atoms in total. The van der Waals surface area contributed by atoms with Crippen LogP contribution in [0.2, 0.25) is 5.02 Å². The van der Waals surface area contributed by atoms with Crippen LogP contribution in [0.25, 0.3) is 0 Å². The van der Waals surface area contributed by atoms with E-state index in [1.54, 1.807) is 0 Å². The maximum atomic E-state index is 6.43. The quantitative estimate of drug-likeness (QED) is 0.892. The van der Waals surface area contributed by atoms with Crippen LogP contribution in [0.5, 0.6) is 0 Å². The molecule has 1 aliphatic rings. The van der Waals surface area contributed by atoms with Crippen molar-refractivity contribution in [1.29, 1.82) is 0 Å². The van der Waals surface area contributed by atoms with Crippen LogP contribution in [0.4, 0.5) is 0 Å². The Morgan fingerprint density at radius 1 is 1.05 bits per heavy atom. The number of hydrogen-bond donors (Lipinski definition) is 1. The SMILES string of the molecule is CCC(N)C(c1ccc(Cl)cc1)N1CCCCCCC1. The first-order chi connectivity index (χ1) is 9.72. The third-order valence-corrected chi connectivity index (χ3v) is 4.62. The van der Waals surface area contributed by atoms with E-state index in [4.69, 9.17) is 17.3 Å². The van der Waals surface area contributed by atoms with Gasteiger partial charge in [0.1, 0.15) is 0 Å². The van der Waals surface area contributed by atoms with Crippen molar-refractivity contribution in [3.05, 3.63) is 34.9 Å². The summed E-state index contributed by atoms with van der Waals surface area (Å²) in [5, 5.41) is 0.797. The fourth-order valence-electron chi connectivity index (χ4n) is 3.16. The van der Waals surface area contributed by atoms with Crippen LogP contribution in [0.1, 0.15) is 57.1 Å². The van der Waals surface area contributed by atoms with Gasteiger partial charge in [-0.25, -0.2) is 0 Å². The van der Waals surface area contributed by atoms with Crippen molar-refractivity contribution in [1.82, 2.24) is 4.90 Å². The summed E-state index contributed by atoms with van der Waals surface area (Å²) in [6, 6.07) is 8.76. The molecule has 20 heavy (non-hydrogen) atoms. The predicted molar refractivity (Wildman–Crippen MR) is 87.1 cm³/mol. The second-order valence-corrected chi connectivity index (χ2v) is 6.31. The highest BCUT2D eigenvalue weighted by Gasteiger charge is 2.25. The largest absolute Gasteiger partial charge is 0.326 e. The Bertz CT molecular complexity index is 382. The molecule has 0 aromatic heterocycles. The molecule has 1 heterocycles. The molecule has 1 saturated heterocycles. The molecule has 0 aliphatic carbocycles. The summed E-state index contributed by atoms with van der Waals surface area (Å²) in [5.41, 5.74) is 7.74. The zero-order valence-electron chi connectivity index (χ0n) is 12.5. The van der Waals surface area contributed by atoms with E-state index >= 15 is 0 Å². The number of benzene rings is 1. The third kappa shape index (κ3) is 4.21. The molecule has 0 saturated carbocycles. The van der Waals surface area contributed by atoms with E-state index in [2.05, 4.69) is 24.0 Å². The Hall–Kier alpha value is -0.570. The van der Waals surface area contributed by atoms with Gasteiger partial charge in [-0.1, -0.05) is 49.9 Å². The first-order valence-electron chi connectivity index (χ1n) is 7.97. The first-order valence-corrected chi connectivity index (χ1v) is 8.35. The van der Waals surface area contributed by atoms with Crippen LogP contribution in [-0.2, 0) is 0 Å². The van der Waals surface area contributed by atoms with E-state index in [-0.39, 0.29) is 6.04 Å². The molecule has 2 N–H and O–H groups in total. The highest BCUT2D eigenvalue weighted by atomic mass is 35.5. The molecule has 2 atom stereocenters. The van der Waals surface area contributed by atoms with Crippen LogP contribution in [0, 0.1) is 0 Å². The maximum Gasteiger partial charge on any atom is 0.0499 e. The molecule has 3 heteroatoms. The van der Waals surface area contributed by atoms with E-state index in [9.17, 15) is 0 Å². The van der Waals surface area contributed by atoms with Gasteiger partial charge in [-0.2, -0.15) is 0 Å².